The highest BCUT2D eigenvalue weighted by atomic mass is 35.5. The summed E-state index contributed by atoms with van der Waals surface area (Å²) in [5.41, 5.74) is -0.220. The van der Waals surface area contributed by atoms with Crippen molar-refractivity contribution in [1.29, 1.82) is 0 Å². The standard InChI is InChI=1S/C15H12ClN3O4/c1-3-23-15(21)11-7(2)17-18-13-12(11)9-6-8(16)4-5-10(9)19(22)14(13)20/h4-6,22H,3H2,1-2H3. The summed E-state index contributed by atoms with van der Waals surface area (Å²) in [6.07, 6.45) is 0. The number of nitrogens with zero attached hydrogens (tertiary/aromatic N) is 3. The van der Waals surface area contributed by atoms with Gasteiger partial charge < -0.3 is 9.94 Å². The molecule has 3 rings (SSSR count). The van der Waals surface area contributed by atoms with Crippen LogP contribution in [0.2, 0.25) is 5.02 Å². The van der Waals surface area contributed by atoms with Crippen LogP contribution in [0.15, 0.2) is 23.0 Å². The molecule has 0 aliphatic rings. The van der Waals surface area contributed by atoms with Crippen LogP contribution in [-0.2, 0) is 4.74 Å². The lowest BCUT2D eigenvalue weighted by Gasteiger charge is -2.12. The fraction of sp³-hybridized carbons (Fsp3) is 0.200. The quantitative estimate of drug-likeness (QED) is 0.439. The monoisotopic (exact) mass is 333 g/mol. The maximum Gasteiger partial charge on any atom is 0.340 e. The molecule has 0 bridgehead atoms. The maximum absolute atomic E-state index is 12.3. The number of benzene rings is 1. The summed E-state index contributed by atoms with van der Waals surface area (Å²) in [5.74, 6) is -0.610. The molecule has 118 valence electrons. The number of fused-ring (bicyclic) bond motifs is 3. The van der Waals surface area contributed by atoms with E-state index < -0.39 is 11.5 Å². The number of aryl methyl sites for hydroxylation is 1. The Morgan fingerprint density at radius 3 is 2.83 bits per heavy atom. The Kier molecular flexibility index (Phi) is 3.65. The predicted octanol–water partition coefficient (Wildman–Crippen LogP) is 2.32. The summed E-state index contributed by atoms with van der Waals surface area (Å²) in [7, 11) is 0. The number of pyridine rings is 1. The van der Waals surface area contributed by atoms with Gasteiger partial charge in [-0.25, -0.2) is 4.79 Å². The van der Waals surface area contributed by atoms with Crippen molar-refractivity contribution in [2.45, 2.75) is 13.8 Å². The van der Waals surface area contributed by atoms with Crippen molar-refractivity contribution in [3.05, 3.63) is 44.8 Å². The Morgan fingerprint density at radius 1 is 1.39 bits per heavy atom. The van der Waals surface area contributed by atoms with Crippen LogP contribution < -0.4 is 5.56 Å². The number of carbonyl (C=O) groups excluding carboxylic acids is 1. The minimum absolute atomic E-state index is 0.129. The zero-order chi connectivity index (χ0) is 16.7. The smallest absolute Gasteiger partial charge is 0.340 e. The zero-order valence-corrected chi connectivity index (χ0v) is 13.1. The second-order valence-corrected chi connectivity index (χ2v) is 5.32. The molecule has 0 saturated heterocycles. The van der Waals surface area contributed by atoms with E-state index in [-0.39, 0.29) is 28.6 Å². The van der Waals surface area contributed by atoms with E-state index in [2.05, 4.69) is 10.2 Å². The summed E-state index contributed by atoms with van der Waals surface area (Å²) < 4.78 is 5.52. The van der Waals surface area contributed by atoms with Gasteiger partial charge in [0.1, 0.15) is 0 Å². The second kappa shape index (κ2) is 5.51. The molecule has 0 radical (unpaired) electrons. The highest BCUT2D eigenvalue weighted by Gasteiger charge is 2.22. The molecule has 0 amide bonds. The third kappa shape index (κ3) is 2.29. The van der Waals surface area contributed by atoms with E-state index in [1.807, 2.05) is 0 Å². The fourth-order valence-corrected chi connectivity index (χ4v) is 2.66. The summed E-state index contributed by atoms with van der Waals surface area (Å²) >= 11 is 6.02. The van der Waals surface area contributed by atoms with E-state index in [1.54, 1.807) is 19.9 Å². The number of carbonyl (C=O) groups is 1. The minimum atomic E-state index is -0.770. The molecule has 0 fully saturated rings. The van der Waals surface area contributed by atoms with E-state index in [0.717, 1.165) is 0 Å². The highest BCUT2D eigenvalue weighted by molar-refractivity contribution is 6.32. The van der Waals surface area contributed by atoms with Crippen molar-refractivity contribution in [1.82, 2.24) is 14.9 Å². The van der Waals surface area contributed by atoms with Crippen LogP contribution in [0, 0.1) is 6.92 Å². The van der Waals surface area contributed by atoms with Crippen molar-refractivity contribution < 1.29 is 14.7 Å². The predicted molar refractivity (Wildman–Crippen MR) is 84.2 cm³/mol. The van der Waals surface area contributed by atoms with Gasteiger partial charge in [0.15, 0.2) is 5.52 Å². The molecule has 1 N–H and O–H groups in total. The number of hydrogen-bond acceptors (Lipinski definition) is 6. The zero-order valence-electron chi connectivity index (χ0n) is 12.3. The van der Waals surface area contributed by atoms with Gasteiger partial charge in [0.05, 0.1) is 23.4 Å². The van der Waals surface area contributed by atoms with Gasteiger partial charge in [0.2, 0.25) is 0 Å². The average molecular weight is 334 g/mol. The van der Waals surface area contributed by atoms with Gasteiger partial charge in [0, 0.05) is 15.8 Å². The first-order valence-electron chi connectivity index (χ1n) is 6.83. The van der Waals surface area contributed by atoms with Crippen LogP contribution in [0.1, 0.15) is 23.0 Å². The van der Waals surface area contributed by atoms with Gasteiger partial charge in [-0.3, -0.25) is 4.79 Å². The molecule has 0 aliphatic heterocycles. The molecular weight excluding hydrogens is 322 g/mol. The van der Waals surface area contributed by atoms with E-state index in [1.165, 1.54) is 12.1 Å². The molecule has 7 nitrogen and oxygen atoms in total. The highest BCUT2D eigenvalue weighted by Crippen LogP contribution is 2.28. The number of aromatic nitrogens is 3. The first kappa shape index (κ1) is 15.2. The molecule has 0 aliphatic carbocycles. The van der Waals surface area contributed by atoms with Gasteiger partial charge >= 0.3 is 11.5 Å². The third-order valence-electron chi connectivity index (χ3n) is 3.48. The van der Waals surface area contributed by atoms with Crippen molar-refractivity contribution in [3.8, 4) is 0 Å². The molecule has 0 atom stereocenters. The van der Waals surface area contributed by atoms with E-state index in [4.69, 9.17) is 16.3 Å². The lowest BCUT2D eigenvalue weighted by Crippen LogP contribution is -2.22. The molecule has 3 aromatic rings. The topological polar surface area (TPSA) is 94.3 Å². The van der Waals surface area contributed by atoms with Crippen molar-refractivity contribution in [2.24, 2.45) is 0 Å². The molecular formula is C15H12ClN3O4. The first-order valence-corrected chi connectivity index (χ1v) is 7.21. The second-order valence-electron chi connectivity index (χ2n) is 4.88. The van der Waals surface area contributed by atoms with Crippen LogP contribution in [-0.4, -0.2) is 32.7 Å². The molecule has 23 heavy (non-hydrogen) atoms. The largest absolute Gasteiger partial charge is 0.462 e. The minimum Gasteiger partial charge on any atom is -0.462 e. The average Bonchev–Trinajstić information content (AvgIpc) is 2.52. The van der Waals surface area contributed by atoms with Crippen molar-refractivity contribution >= 4 is 39.4 Å². The third-order valence-corrected chi connectivity index (χ3v) is 3.71. The molecule has 2 heterocycles. The summed E-state index contributed by atoms with van der Waals surface area (Å²) in [4.78, 5) is 24.6. The van der Waals surface area contributed by atoms with Crippen LogP contribution in [0.4, 0.5) is 0 Å². The van der Waals surface area contributed by atoms with Crippen molar-refractivity contribution in [2.75, 3.05) is 6.61 Å². The Labute approximate surface area is 135 Å². The Hall–Kier alpha value is -2.67. The van der Waals surface area contributed by atoms with Gasteiger partial charge in [0.25, 0.3) is 0 Å². The molecule has 0 spiro atoms. The van der Waals surface area contributed by atoms with Crippen LogP contribution in [0.3, 0.4) is 0 Å². The Balaban J connectivity index is 2.60. The van der Waals surface area contributed by atoms with Crippen LogP contribution in [0.5, 0.6) is 0 Å². The number of halogens is 1. The van der Waals surface area contributed by atoms with Crippen molar-refractivity contribution in [3.63, 3.8) is 0 Å². The van der Waals surface area contributed by atoms with Crippen LogP contribution >= 0.6 is 11.6 Å². The van der Waals surface area contributed by atoms with Gasteiger partial charge in [-0.15, -0.1) is 9.83 Å². The summed E-state index contributed by atoms with van der Waals surface area (Å²) in [5, 5.41) is 18.8. The van der Waals surface area contributed by atoms with E-state index in [0.29, 0.717) is 20.8 Å². The lowest BCUT2D eigenvalue weighted by molar-refractivity contribution is 0.0527. The molecule has 2 aromatic heterocycles. The lowest BCUT2D eigenvalue weighted by atomic mass is 10.0. The number of esters is 1. The summed E-state index contributed by atoms with van der Waals surface area (Å²) in [6, 6.07) is 4.58. The van der Waals surface area contributed by atoms with Gasteiger partial charge in [-0.2, -0.15) is 5.10 Å². The van der Waals surface area contributed by atoms with Gasteiger partial charge in [-0.05, 0) is 32.0 Å². The molecule has 0 unspecified atom stereocenters. The number of hydrogen-bond donors (Lipinski definition) is 1. The van der Waals surface area contributed by atoms with Crippen LogP contribution in [0.25, 0.3) is 21.8 Å². The van der Waals surface area contributed by atoms with E-state index >= 15 is 0 Å². The first-order chi connectivity index (χ1) is 11.0. The maximum atomic E-state index is 12.3. The molecule has 0 saturated carbocycles. The fourth-order valence-electron chi connectivity index (χ4n) is 2.49. The SMILES string of the molecule is CCOC(=O)c1c(C)nnc2c(=O)n(O)c3ccc(Cl)cc3c12. The molecule has 8 heteroatoms. The van der Waals surface area contributed by atoms with E-state index in [9.17, 15) is 14.8 Å². The Morgan fingerprint density at radius 2 is 2.13 bits per heavy atom. The molecule has 1 aromatic carbocycles. The normalized spacial score (nSPS) is 11.1. The van der Waals surface area contributed by atoms with Gasteiger partial charge in [-0.1, -0.05) is 11.6 Å². The number of rotatable bonds is 2. The Bertz CT molecular complexity index is 1010. The number of ether oxygens (including phenoxy) is 1. The summed E-state index contributed by atoms with van der Waals surface area (Å²) in [6.45, 7) is 3.46.